The molecule has 8 heteroatoms. The van der Waals surface area contributed by atoms with Gasteiger partial charge in [-0.15, -0.1) is 0 Å². The number of carbonyl (C=O) groups excluding carboxylic acids is 1. The van der Waals surface area contributed by atoms with Crippen molar-refractivity contribution < 1.29 is 17.6 Å². The van der Waals surface area contributed by atoms with Gasteiger partial charge in [0.15, 0.2) is 5.82 Å². The lowest BCUT2D eigenvalue weighted by Crippen LogP contribution is -2.46. The lowest BCUT2D eigenvalue weighted by atomic mass is 10.2. The van der Waals surface area contributed by atoms with Crippen LogP contribution in [-0.4, -0.2) is 42.2 Å². The highest BCUT2D eigenvalue weighted by Crippen LogP contribution is 2.27. The first-order chi connectivity index (χ1) is 10.00. The molecule has 1 aliphatic heterocycles. The molecule has 114 valence electrons. The molecule has 1 aromatic rings. The summed E-state index contributed by atoms with van der Waals surface area (Å²) in [6.07, 6.45) is 4.12. The molecule has 0 spiro atoms. The van der Waals surface area contributed by atoms with Gasteiger partial charge in [-0.05, 0) is 37.8 Å². The van der Waals surface area contributed by atoms with Gasteiger partial charge in [0.1, 0.15) is 6.04 Å². The number of sulfonamides is 1. The Balaban J connectivity index is 1.86. The number of hydrogen-bond acceptors (Lipinski definition) is 4. The fraction of sp³-hybridized carbons (Fsp3) is 0.538. The van der Waals surface area contributed by atoms with E-state index in [-0.39, 0.29) is 18.5 Å². The Morgan fingerprint density at radius 2 is 2.14 bits per heavy atom. The molecule has 21 heavy (non-hydrogen) atoms. The molecule has 6 nitrogen and oxygen atoms in total. The number of hydrogen-bond donors (Lipinski definition) is 1. The number of pyridine rings is 1. The third-order valence-electron chi connectivity index (χ3n) is 3.71. The summed E-state index contributed by atoms with van der Waals surface area (Å²) in [5.41, 5.74) is 0. The maximum Gasteiger partial charge on any atom is 0.264 e. The van der Waals surface area contributed by atoms with E-state index in [4.69, 9.17) is 0 Å². The van der Waals surface area contributed by atoms with E-state index in [1.54, 1.807) is 0 Å². The fourth-order valence-electron chi connectivity index (χ4n) is 2.49. The summed E-state index contributed by atoms with van der Waals surface area (Å²) in [4.78, 5) is 15.8. The van der Waals surface area contributed by atoms with Crippen LogP contribution in [0.4, 0.5) is 4.39 Å². The van der Waals surface area contributed by atoms with E-state index < -0.39 is 26.9 Å². The Labute approximate surface area is 122 Å². The third-order valence-corrected chi connectivity index (χ3v) is 5.55. The van der Waals surface area contributed by atoms with Crippen molar-refractivity contribution in [3.05, 3.63) is 24.1 Å². The number of nitrogens with zero attached hydrogens (tertiary/aromatic N) is 2. The van der Waals surface area contributed by atoms with Crippen molar-refractivity contribution >= 4 is 15.9 Å². The van der Waals surface area contributed by atoms with Gasteiger partial charge in [0, 0.05) is 18.8 Å². The maximum absolute atomic E-state index is 13.7. The van der Waals surface area contributed by atoms with Crippen LogP contribution in [0.15, 0.2) is 23.4 Å². The molecule has 2 fully saturated rings. The summed E-state index contributed by atoms with van der Waals surface area (Å²) in [5, 5.41) is 2.19. The smallest absolute Gasteiger partial charge is 0.264 e. The largest absolute Gasteiger partial charge is 0.352 e. The minimum atomic E-state index is -4.09. The number of nitrogens with one attached hydrogen (secondary N) is 1. The Hall–Kier alpha value is -1.54. The van der Waals surface area contributed by atoms with Crippen LogP contribution in [0.25, 0.3) is 0 Å². The van der Waals surface area contributed by atoms with Crippen molar-refractivity contribution in [1.29, 1.82) is 0 Å². The number of rotatable bonds is 4. The zero-order chi connectivity index (χ0) is 15.0. The van der Waals surface area contributed by atoms with Gasteiger partial charge in [-0.2, -0.15) is 4.31 Å². The standard InChI is InChI=1S/C13H16FN3O3S/c14-10-3-1-7-15-13(10)21(19,20)17-8-2-4-11(17)12(18)16-9-5-6-9/h1,3,7,9,11H,2,4-6,8H2,(H,16,18). The zero-order valence-electron chi connectivity index (χ0n) is 11.3. The summed E-state index contributed by atoms with van der Waals surface area (Å²) in [5.74, 6) is -1.19. The van der Waals surface area contributed by atoms with Crippen molar-refractivity contribution in [1.82, 2.24) is 14.6 Å². The SMILES string of the molecule is O=C(NC1CC1)C1CCCN1S(=O)(=O)c1ncccc1F. The van der Waals surface area contributed by atoms with Crippen LogP contribution in [0.1, 0.15) is 25.7 Å². The first kappa shape index (κ1) is 14.4. The van der Waals surface area contributed by atoms with Crippen LogP contribution in [-0.2, 0) is 14.8 Å². The fourth-order valence-corrected chi connectivity index (χ4v) is 4.12. The van der Waals surface area contributed by atoms with E-state index in [1.807, 2.05) is 0 Å². The summed E-state index contributed by atoms with van der Waals surface area (Å²) < 4.78 is 39.8. The first-order valence-electron chi connectivity index (χ1n) is 6.93. The van der Waals surface area contributed by atoms with Crippen molar-refractivity contribution in [3.63, 3.8) is 0 Å². The van der Waals surface area contributed by atoms with Crippen molar-refractivity contribution in [2.24, 2.45) is 0 Å². The Kier molecular flexibility index (Phi) is 3.66. The lowest BCUT2D eigenvalue weighted by molar-refractivity contribution is -0.124. The quantitative estimate of drug-likeness (QED) is 0.885. The Bertz CT molecular complexity index is 660. The van der Waals surface area contributed by atoms with Gasteiger partial charge in [-0.3, -0.25) is 4.79 Å². The highest BCUT2D eigenvalue weighted by molar-refractivity contribution is 7.89. The lowest BCUT2D eigenvalue weighted by Gasteiger charge is -2.23. The van der Waals surface area contributed by atoms with Crippen LogP contribution in [0.5, 0.6) is 0 Å². The molecule has 1 atom stereocenters. The predicted molar refractivity (Wildman–Crippen MR) is 72.3 cm³/mol. The molecule has 1 saturated carbocycles. The molecule has 1 N–H and O–H groups in total. The van der Waals surface area contributed by atoms with E-state index in [0.29, 0.717) is 12.8 Å². The van der Waals surface area contributed by atoms with E-state index in [2.05, 4.69) is 10.3 Å². The molecular formula is C13H16FN3O3S. The average molecular weight is 313 g/mol. The number of halogens is 1. The van der Waals surface area contributed by atoms with Crippen LogP contribution in [0.2, 0.25) is 0 Å². The minimum Gasteiger partial charge on any atom is -0.352 e. The van der Waals surface area contributed by atoms with Crippen LogP contribution < -0.4 is 5.32 Å². The molecule has 0 bridgehead atoms. The third kappa shape index (κ3) is 2.77. The monoisotopic (exact) mass is 313 g/mol. The summed E-state index contributed by atoms with van der Waals surface area (Å²) in [6.45, 7) is 0.209. The van der Waals surface area contributed by atoms with Crippen LogP contribution in [0.3, 0.4) is 0 Å². The Morgan fingerprint density at radius 1 is 1.38 bits per heavy atom. The second-order valence-corrected chi connectivity index (χ2v) is 7.15. The summed E-state index contributed by atoms with van der Waals surface area (Å²) in [7, 11) is -4.09. The average Bonchev–Trinajstić information content (AvgIpc) is 3.10. The molecule has 0 aromatic carbocycles. The molecule has 2 heterocycles. The number of carbonyl (C=O) groups is 1. The van der Waals surface area contributed by atoms with Crippen molar-refractivity contribution in [2.75, 3.05) is 6.54 Å². The second kappa shape index (κ2) is 5.34. The summed E-state index contributed by atoms with van der Waals surface area (Å²) in [6, 6.07) is 1.77. The van der Waals surface area contributed by atoms with Gasteiger partial charge in [-0.25, -0.2) is 17.8 Å². The molecule has 1 amide bonds. The normalized spacial score (nSPS) is 23.2. The highest BCUT2D eigenvalue weighted by atomic mass is 32.2. The number of aromatic nitrogens is 1. The van der Waals surface area contributed by atoms with Gasteiger partial charge in [0.05, 0.1) is 0 Å². The van der Waals surface area contributed by atoms with Gasteiger partial charge in [0.2, 0.25) is 10.9 Å². The minimum absolute atomic E-state index is 0.161. The van der Waals surface area contributed by atoms with E-state index >= 15 is 0 Å². The van der Waals surface area contributed by atoms with Gasteiger partial charge in [-0.1, -0.05) is 0 Å². The molecule has 2 aliphatic rings. The molecule has 0 radical (unpaired) electrons. The highest BCUT2D eigenvalue weighted by Gasteiger charge is 2.42. The summed E-state index contributed by atoms with van der Waals surface area (Å²) >= 11 is 0. The van der Waals surface area contributed by atoms with Crippen molar-refractivity contribution in [3.8, 4) is 0 Å². The molecular weight excluding hydrogens is 297 g/mol. The molecule has 1 aliphatic carbocycles. The van der Waals surface area contributed by atoms with Crippen LogP contribution in [0, 0.1) is 5.82 Å². The maximum atomic E-state index is 13.7. The molecule has 1 unspecified atom stereocenters. The van der Waals surface area contributed by atoms with Gasteiger partial charge < -0.3 is 5.32 Å². The number of amides is 1. The molecule has 1 saturated heterocycles. The van der Waals surface area contributed by atoms with Gasteiger partial charge in [0.25, 0.3) is 10.0 Å². The molecule has 3 rings (SSSR count). The van der Waals surface area contributed by atoms with Gasteiger partial charge >= 0.3 is 0 Å². The van der Waals surface area contributed by atoms with E-state index in [0.717, 1.165) is 23.2 Å². The van der Waals surface area contributed by atoms with Crippen LogP contribution >= 0.6 is 0 Å². The topological polar surface area (TPSA) is 79.4 Å². The predicted octanol–water partition coefficient (Wildman–Crippen LogP) is 0.652. The van der Waals surface area contributed by atoms with Crippen molar-refractivity contribution in [2.45, 2.75) is 42.8 Å². The second-order valence-electron chi connectivity index (χ2n) is 5.35. The molecule has 1 aromatic heterocycles. The Morgan fingerprint density at radius 3 is 2.81 bits per heavy atom. The van der Waals surface area contributed by atoms with E-state index in [1.165, 1.54) is 12.3 Å². The zero-order valence-corrected chi connectivity index (χ0v) is 12.1. The van der Waals surface area contributed by atoms with E-state index in [9.17, 15) is 17.6 Å². The first-order valence-corrected chi connectivity index (χ1v) is 8.37.